The number of benzene rings is 1. The number of ether oxygens (including phenoxy) is 1. The predicted molar refractivity (Wildman–Crippen MR) is 96.4 cm³/mol. The largest absolute Gasteiger partial charge is 0.484 e. The predicted octanol–water partition coefficient (Wildman–Crippen LogP) is 4.06. The van der Waals surface area contributed by atoms with Crippen molar-refractivity contribution in [3.8, 4) is 5.75 Å². The monoisotopic (exact) mass is 338 g/mol. The van der Waals surface area contributed by atoms with Gasteiger partial charge in [-0.3, -0.25) is 9.69 Å². The van der Waals surface area contributed by atoms with E-state index in [1.165, 1.54) is 0 Å². The van der Waals surface area contributed by atoms with E-state index in [1.54, 1.807) is 22.4 Å². The standard InChI is InChI=1S/C19H18N2O2S/c1-15-6-4-7-16(12-15)23-14-19(22)21(13-17-8-5-11-24-17)18-9-2-3-10-20-18/h2-12H,13-14H2,1H3. The third-order valence-electron chi connectivity index (χ3n) is 3.47. The lowest BCUT2D eigenvalue weighted by molar-refractivity contribution is -0.120. The van der Waals surface area contributed by atoms with Crippen molar-refractivity contribution in [2.45, 2.75) is 13.5 Å². The molecule has 0 atom stereocenters. The lowest BCUT2D eigenvalue weighted by atomic mass is 10.2. The highest BCUT2D eigenvalue weighted by molar-refractivity contribution is 7.09. The van der Waals surface area contributed by atoms with E-state index >= 15 is 0 Å². The number of carbonyl (C=O) groups is 1. The van der Waals surface area contributed by atoms with Crippen molar-refractivity contribution in [3.05, 3.63) is 76.6 Å². The Morgan fingerprint density at radius 3 is 2.79 bits per heavy atom. The first-order chi connectivity index (χ1) is 11.7. The summed E-state index contributed by atoms with van der Waals surface area (Å²) in [4.78, 5) is 19.8. The summed E-state index contributed by atoms with van der Waals surface area (Å²) in [5.41, 5.74) is 1.10. The number of aryl methyl sites for hydroxylation is 1. The van der Waals surface area contributed by atoms with Crippen LogP contribution < -0.4 is 9.64 Å². The number of amides is 1. The van der Waals surface area contributed by atoms with Gasteiger partial charge in [0, 0.05) is 11.1 Å². The summed E-state index contributed by atoms with van der Waals surface area (Å²) in [6, 6.07) is 17.2. The first-order valence-electron chi connectivity index (χ1n) is 7.65. The van der Waals surface area contributed by atoms with Gasteiger partial charge >= 0.3 is 0 Å². The molecule has 1 aromatic carbocycles. The highest BCUT2D eigenvalue weighted by Crippen LogP contribution is 2.18. The van der Waals surface area contributed by atoms with Gasteiger partial charge in [0.15, 0.2) is 6.61 Å². The molecular formula is C19H18N2O2S. The Bertz CT molecular complexity index is 788. The van der Waals surface area contributed by atoms with Crippen molar-refractivity contribution in [1.82, 2.24) is 4.98 Å². The third kappa shape index (κ3) is 4.20. The van der Waals surface area contributed by atoms with Crippen LogP contribution in [0.15, 0.2) is 66.2 Å². The molecule has 5 heteroatoms. The van der Waals surface area contributed by atoms with Crippen molar-refractivity contribution < 1.29 is 9.53 Å². The van der Waals surface area contributed by atoms with Gasteiger partial charge in [-0.25, -0.2) is 4.98 Å². The van der Waals surface area contributed by atoms with Gasteiger partial charge in [0.05, 0.1) is 6.54 Å². The highest BCUT2D eigenvalue weighted by Gasteiger charge is 2.18. The zero-order chi connectivity index (χ0) is 16.8. The molecular weight excluding hydrogens is 320 g/mol. The molecule has 3 rings (SSSR count). The molecule has 0 spiro atoms. The van der Waals surface area contributed by atoms with Crippen LogP contribution in [0, 0.1) is 6.92 Å². The van der Waals surface area contributed by atoms with Crippen LogP contribution in [0.3, 0.4) is 0 Å². The molecule has 0 N–H and O–H groups in total. The summed E-state index contributed by atoms with van der Waals surface area (Å²) < 4.78 is 5.65. The van der Waals surface area contributed by atoms with Crippen LogP contribution in [0.1, 0.15) is 10.4 Å². The molecule has 0 bridgehead atoms. The minimum absolute atomic E-state index is 0.0224. The first kappa shape index (κ1) is 16.2. The second kappa shape index (κ2) is 7.75. The summed E-state index contributed by atoms with van der Waals surface area (Å²) in [5.74, 6) is 1.20. The van der Waals surface area contributed by atoms with Gasteiger partial charge in [-0.05, 0) is 48.2 Å². The molecule has 0 radical (unpaired) electrons. The summed E-state index contributed by atoms with van der Waals surface area (Å²) in [7, 11) is 0. The Labute approximate surface area is 145 Å². The van der Waals surface area contributed by atoms with Gasteiger partial charge in [-0.1, -0.05) is 24.3 Å². The first-order valence-corrected chi connectivity index (χ1v) is 8.53. The van der Waals surface area contributed by atoms with Crippen LogP contribution in [0.2, 0.25) is 0 Å². The topological polar surface area (TPSA) is 42.4 Å². The van der Waals surface area contributed by atoms with Crippen molar-refractivity contribution in [2.75, 3.05) is 11.5 Å². The molecule has 0 aliphatic heterocycles. The van der Waals surface area contributed by atoms with Crippen LogP contribution in [0.4, 0.5) is 5.82 Å². The molecule has 122 valence electrons. The van der Waals surface area contributed by atoms with E-state index in [-0.39, 0.29) is 12.5 Å². The fourth-order valence-electron chi connectivity index (χ4n) is 2.30. The highest BCUT2D eigenvalue weighted by atomic mass is 32.1. The van der Waals surface area contributed by atoms with E-state index in [1.807, 2.05) is 66.9 Å². The number of aromatic nitrogens is 1. The number of anilines is 1. The molecule has 0 saturated carbocycles. The van der Waals surface area contributed by atoms with Gasteiger partial charge in [0.25, 0.3) is 5.91 Å². The maximum Gasteiger partial charge on any atom is 0.266 e. The van der Waals surface area contributed by atoms with Crippen molar-refractivity contribution in [1.29, 1.82) is 0 Å². The second-order valence-electron chi connectivity index (χ2n) is 5.35. The van der Waals surface area contributed by atoms with E-state index in [0.29, 0.717) is 18.1 Å². The normalized spacial score (nSPS) is 10.4. The molecule has 0 aliphatic rings. The number of carbonyl (C=O) groups excluding carboxylic acids is 1. The van der Waals surface area contributed by atoms with Gasteiger partial charge < -0.3 is 4.74 Å². The van der Waals surface area contributed by atoms with E-state index in [2.05, 4.69) is 4.98 Å². The molecule has 2 heterocycles. The quantitative estimate of drug-likeness (QED) is 0.680. The Kier molecular flexibility index (Phi) is 5.23. The summed E-state index contributed by atoms with van der Waals surface area (Å²) in [6.07, 6.45) is 1.69. The number of rotatable bonds is 6. The second-order valence-corrected chi connectivity index (χ2v) is 6.38. The number of hydrogen-bond acceptors (Lipinski definition) is 4. The zero-order valence-corrected chi connectivity index (χ0v) is 14.2. The average molecular weight is 338 g/mol. The van der Waals surface area contributed by atoms with Crippen LogP contribution in [-0.4, -0.2) is 17.5 Å². The molecule has 0 aliphatic carbocycles. The zero-order valence-electron chi connectivity index (χ0n) is 13.4. The Hall–Kier alpha value is -2.66. The number of nitrogens with zero attached hydrogens (tertiary/aromatic N) is 2. The number of thiophene rings is 1. The minimum Gasteiger partial charge on any atom is -0.484 e. The van der Waals surface area contributed by atoms with Crippen LogP contribution >= 0.6 is 11.3 Å². The molecule has 0 unspecified atom stereocenters. The fourth-order valence-corrected chi connectivity index (χ4v) is 2.99. The maximum atomic E-state index is 12.7. The summed E-state index contributed by atoms with van der Waals surface area (Å²) in [6.45, 7) is 2.46. The van der Waals surface area contributed by atoms with Crippen LogP contribution in [0.5, 0.6) is 5.75 Å². The maximum absolute atomic E-state index is 12.7. The van der Waals surface area contributed by atoms with E-state index in [0.717, 1.165) is 10.4 Å². The molecule has 0 fully saturated rings. The minimum atomic E-state index is -0.122. The van der Waals surface area contributed by atoms with E-state index in [9.17, 15) is 4.79 Å². The lowest BCUT2D eigenvalue weighted by Gasteiger charge is -2.21. The average Bonchev–Trinajstić information content (AvgIpc) is 3.12. The van der Waals surface area contributed by atoms with E-state index < -0.39 is 0 Å². The number of hydrogen-bond donors (Lipinski definition) is 0. The molecule has 1 amide bonds. The Morgan fingerprint density at radius 1 is 1.17 bits per heavy atom. The van der Waals surface area contributed by atoms with Gasteiger partial charge in [-0.15, -0.1) is 11.3 Å². The van der Waals surface area contributed by atoms with E-state index in [4.69, 9.17) is 4.74 Å². The molecule has 2 aromatic heterocycles. The summed E-state index contributed by atoms with van der Waals surface area (Å²) in [5, 5.41) is 2.00. The number of pyridine rings is 1. The van der Waals surface area contributed by atoms with Crippen molar-refractivity contribution in [2.24, 2.45) is 0 Å². The molecule has 3 aromatic rings. The SMILES string of the molecule is Cc1cccc(OCC(=O)N(Cc2cccs2)c2ccccn2)c1. The Morgan fingerprint density at radius 2 is 2.08 bits per heavy atom. The smallest absolute Gasteiger partial charge is 0.266 e. The van der Waals surface area contributed by atoms with Crippen molar-refractivity contribution in [3.63, 3.8) is 0 Å². The molecule has 4 nitrogen and oxygen atoms in total. The lowest BCUT2D eigenvalue weighted by Crippen LogP contribution is -2.34. The van der Waals surface area contributed by atoms with Crippen LogP contribution in [-0.2, 0) is 11.3 Å². The summed E-state index contributed by atoms with van der Waals surface area (Å²) >= 11 is 1.62. The van der Waals surface area contributed by atoms with Gasteiger partial charge in [0.1, 0.15) is 11.6 Å². The van der Waals surface area contributed by atoms with Crippen molar-refractivity contribution >= 4 is 23.1 Å². The molecule has 24 heavy (non-hydrogen) atoms. The third-order valence-corrected chi connectivity index (χ3v) is 4.33. The molecule has 0 saturated heterocycles. The fraction of sp³-hybridized carbons (Fsp3) is 0.158. The van der Waals surface area contributed by atoms with Gasteiger partial charge in [-0.2, -0.15) is 0 Å². The van der Waals surface area contributed by atoms with Gasteiger partial charge in [0.2, 0.25) is 0 Å². The Balaban J connectivity index is 1.73. The van der Waals surface area contributed by atoms with Crippen LogP contribution in [0.25, 0.3) is 0 Å².